The second kappa shape index (κ2) is 6.10. The Morgan fingerprint density at radius 1 is 1.26 bits per heavy atom. The van der Waals surface area contributed by atoms with Crippen LogP contribution in [0.2, 0.25) is 0 Å². The fourth-order valence-corrected chi connectivity index (χ4v) is 1.27. The molecule has 0 fully saturated rings. The molecule has 104 valence electrons. The lowest BCUT2D eigenvalue weighted by atomic mass is 10.2. The van der Waals surface area contributed by atoms with Gasteiger partial charge in [0.1, 0.15) is 0 Å². The summed E-state index contributed by atoms with van der Waals surface area (Å²) >= 11 is 0. The summed E-state index contributed by atoms with van der Waals surface area (Å²) in [6.07, 6.45) is -1.31. The van der Waals surface area contributed by atoms with Crippen molar-refractivity contribution in [3.63, 3.8) is 0 Å². The average molecular weight is 274 g/mol. The highest BCUT2D eigenvalue weighted by Gasteiger charge is 2.24. The number of anilines is 1. The Morgan fingerprint density at radius 2 is 1.89 bits per heavy atom. The number of aliphatic hydroxyl groups is 1. The Kier molecular flexibility index (Phi) is 4.76. The maximum absolute atomic E-state index is 12.9. The van der Waals surface area contributed by atoms with Crippen molar-refractivity contribution < 1.29 is 28.6 Å². The van der Waals surface area contributed by atoms with Gasteiger partial charge in [0.25, 0.3) is 0 Å². The lowest BCUT2D eigenvalue weighted by Crippen LogP contribution is -2.49. The van der Waals surface area contributed by atoms with E-state index in [9.17, 15) is 18.4 Å². The molecule has 0 radical (unpaired) electrons. The highest BCUT2D eigenvalue weighted by Crippen LogP contribution is 2.12. The van der Waals surface area contributed by atoms with Crippen LogP contribution in [0.4, 0.5) is 19.3 Å². The number of urea groups is 1. The Hall–Kier alpha value is -2.22. The van der Waals surface area contributed by atoms with E-state index >= 15 is 0 Å². The third-order valence-electron chi connectivity index (χ3n) is 2.21. The topological polar surface area (TPSA) is 98.7 Å². The summed E-state index contributed by atoms with van der Waals surface area (Å²) in [5, 5.41) is 22.0. The first-order chi connectivity index (χ1) is 8.81. The Morgan fingerprint density at radius 3 is 2.37 bits per heavy atom. The molecule has 1 aromatic carbocycles. The molecule has 0 aliphatic rings. The van der Waals surface area contributed by atoms with E-state index in [0.29, 0.717) is 0 Å². The van der Waals surface area contributed by atoms with E-state index in [2.05, 4.69) is 5.32 Å². The fraction of sp³-hybridized carbons (Fsp3) is 0.273. The molecule has 1 rings (SSSR count). The van der Waals surface area contributed by atoms with Gasteiger partial charge >= 0.3 is 12.0 Å². The van der Waals surface area contributed by atoms with Gasteiger partial charge in [0.2, 0.25) is 0 Å². The number of benzene rings is 1. The molecular formula is C11H12F2N2O4. The van der Waals surface area contributed by atoms with Crippen LogP contribution in [0.25, 0.3) is 0 Å². The van der Waals surface area contributed by atoms with Crippen molar-refractivity contribution >= 4 is 17.7 Å². The normalized spacial score (nSPS) is 13.5. The van der Waals surface area contributed by atoms with Gasteiger partial charge < -0.3 is 20.8 Å². The summed E-state index contributed by atoms with van der Waals surface area (Å²) < 4.78 is 25.5. The largest absolute Gasteiger partial charge is 0.480 e. The number of rotatable bonds is 4. The van der Waals surface area contributed by atoms with Gasteiger partial charge in [-0.3, -0.25) is 0 Å². The molecule has 0 spiro atoms. The van der Waals surface area contributed by atoms with Crippen molar-refractivity contribution in [3.05, 3.63) is 29.8 Å². The highest BCUT2D eigenvalue weighted by atomic mass is 19.2. The number of amides is 2. The van der Waals surface area contributed by atoms with E-state index in [1.165, 1.54) is 6.92 Å². The van der Waals surface area contributed by atoms with Crippen molar-refractivity contribution in [3.8, 4) is 0 Å². The molecule has 0 heterocycles. The van der Waals surface area contributed by atoms with E-state index in [1.807, 2.05) is 5.32 Å². The summed E-state index contributed by atoms with van der Waals surface area (Å²) in [5.41, 5.74) is -0.0499. The number of hydrogen-bond acceptors (Lipinski definition) is 3. The van der Waals surface area contributed by atoms with Gasteiger partial charge in [-0.05, 0) is 19.1 Å². The Bertz CT molecular complexity index is 494. The lowest BCUT2D eigenvalue weighted by molar-refractivity contribution is -0.141. The van der Waals surface area contributed by atoms with Crippen LogP contribution >= 0.6 is 0 Å². The van der Waals surface area contributed by atoms with E-state index in [-0.39, 0.29) is 5.69 Å². The monoisotopic (exact) mass is 274 g/mol. The van der Waals surface area contributed by atoms with Crippen LogP contribution in [0.3, 0.4) is 0 Å². The number of aliphatic carboxylic acids is 1. The van der Waals surface area contributed by atoms with Gasteiger partial charge in [0.05, 0.1) is 6.10 Å². The molecule has 0 saturated carbocycles. The van der Waals surface area contributed by atoms with Crippen LogP contribution in [0.1, 0.15) is 6.92 Å². The molecule has 0 aliphatic heterocycles. The predicted molar refractivity (Wildman–Crippen MR) is 61.6 cm³/mol. The number of nitrogens with one attached hydrogen (secondary N) is 2. The zero-order chi connectivity index (χ0) is 14.6. The third-order valence-corrected chi connectivity index (χ3v) is 2.21. The number of carboxylic acids is 1. The van der Waals surface area contributed by atoms with E-state index in [0.717, 1.165) is 18.2 Å². The zero-order valence-corrected chi connectivity index (χ0v) is 9.85. The van der Waals surface area contributed by atoms with Gasteiger partial charge in [0, 0.05) is 11.8 Å². The number of aliphatic hydroxyl groups excluding tert-OH is 1. The number of carbonyl (C=O) groups is 2. The van der Waals surface area contributed by atoms with E-state index < -0.39 is 35.8 Å². The summed E-state index contributed by atoms with van der Waals surface area (Å²) in [6.45, 7) is 1.19. The van der Waals surface area contributed by atoms with Crippen molar-refractivity contribution in [1.82, 2.24) is 5.32 Å². The van der Waals surface area contributed by atoms with E-state index in [1.54, 1.807) is 0 Å². The minimum atomic E-state index is -1.51. The molecule has 0 aromatic heterocycles. The first-order valence-electron chi connectivity index (χ1n) is 5.24. The Labute approximate surface area is 107 Å². The molecular weight excluding hydrogens is 262 g/mol. The van der Waals surface area contributed by atoms with Gasteiger partial charge in [-0.1, -0.05) is 0 Å². The fourth-order valence-electron chi connectivity index (χ4n) is 1.27. The minimum absolute atomic E-state index is 0.0499. The smallest absolute Gasteiger partial charge is 0.328 e. The molecule has 0 saturated heterocycles. The number of halogens is 2. The molecule has 8 heteroatoms. The second-order valence-electron chi connectivity index (χ2n) is 3.78. The number of carbonyl (C=O) groups excluding carboxylic acids is 1. The molecule has 0 bridgehead atoms. The van der Waals surface area contributed by atoms with Crippen molar-refractivity contribution in [1.29, 1.82) is 0 Å². The van der Waals surface area contributed by atoms with Crippen LogP contribution in [-0.4, -0.2) is 34.4 Å². The summed E-state index contributed by atoms with van der Waals surface area (Å²) in [5.74, 6) is -3.64. The Balaban J connectivity index is 2.69. The lowest BCUT2D eigenvalue weighted by Gasteiger charge is -2.17. The molecule has 2 atom stereocenters. The number of carboxylic acid groups (broad SMARTS) is 1. The van der Waals surface area contributed by atoms with Crippen LogP contribution in [-0.2, 0) is 4.79 Å². The molecule has 2 amide bonds. The van der Waals surface area contributed by atoms with Gasteiger partial charge in [0.15, 0.2) is 17.7 Å². The van der Waals surface area contributed by atoms with Crippen LogP contribution in [0.15, 0.2) is 18.2 Å². The van der Waals surface area contributed by atoms with Crippen molar-refractivity contribution in [2.24, 2.45) is 0 Å². The standard InChI is InChI=1S/C11H12F2N2O4/c1-5(16)9(10(17)18)15-11(19)14-6-2-3-7(12)8(13)4-6/h2-5,9,16H,1H3,(H,17,18)(H2,14,15,19)/t5-,9+/m1/s1. The quantitative estimate of drug-likeness (QED) is 0.656. The zero-order valence-electron chi connectivity index (χ0n) is 9.85. The van der Waals surface area contributed by atoms with Crippen molar-refractivity contribution in [2.75, 3.05) is 5.32 Å². The van der Waals surface area contributed by atoms with Crippen LogP contribution in [0.5, 0.6) is 0 Å². The molecule has 4 N–H and O–H groups in total. The molecule has 1 aromatic rings. The molecule has 0 unspecified atom stereocenters. The molecule has 6 nitrogen and oxygen atoms in total. The predicted octanol–water partition coefficient (Wildman–Crippen LogP) is 0.920. The van der Waals surface area contributed by atoms with Crippen molar-refractivity contribution in [2.45, 2.75) is 19.1 Å². The first kappa shape index (κ1) is 14.8. The van der Waals surface area contributed by atoms with Crippen LogP contribution in [0, 0.1) is 11.6 Å². The first-order valence-corrected chi connectivity index (χ1v) is 5.24. The summed E-state index contributed by atoms with van der Waals surface area (Å²) in [7, 11) is 0. The average Bonchev–Trinajstić information content (AvgIpc) is 2.30. The maximum Gasteiger partial charge on any atom is 0.328 e. The van der Waals surface area contributed by atoms with Gasteiger partial charge in [-0.15, -0.1) is 0 Å². The summed E-state index contributed by atoms with van der Waals surface area (Å²) in [6, 6.07) is 0.196. The second-order valence-corrected chi connectivity index (χ2v) is 3.78. The maximum atomic E-state index is 12.9. The third kappa shape index (κ3) is 4.18. The molecule has 0 aliphatic carbocycles. The number of hydrogen-bond donors (Lipinski definition) is 4. The summed E-state index contributed by atoms with van der Waals surface area (Å²) in [4.78, 5) is 22.1. The molecule has 19 heavy (non-hydrogen) atoms. The van der Waals surface area contributed by atoms with E-state index in [4.69, 9.17) is 10.2 Å². The highest BCUT2D eigenvalue weighted by molar-refractivity contribution is 5.92. The SMILES string of the molecule is C[C@@H](O)[C@H](NC(=O)Nc1ccc(F)c(F)c1)C(=O)O. The van der Waals surface area contributed by atoms with Crippen LogP contribution < -0.4 is 10.6 Å². The van der Waals surface area contributed by atoms with Gasteiger partial charge in [-0.2, -0.15) is 0 Å². The minimum Gasteiger partial charge on any atom is -0.480 e. The van der Waals surface area contributed by atoms with Gasteiger partial charge in [-0.25, -0.2) is 18.4 Å².